The highest BCUT2D eigenvalue weighted by Crippen LogP contribution is 2.08. The van der Waals surface area contributed by atoms with Gasteiger partial charge in [0.15, 0.2) is 5.13 Å². The first-order valence-corrected chi connectivity index (χ1v) is 4.75. The Morgan fingerprint density at radius 2 is 2.25 bits per heavy atom. The molecule has 68 valence electrons. The first-order chi connectivity index (χ1) is 5.70. The number of rotatable bonds is 1. The Morgan fingerprint density at radius 1 is 1.67 bits per heavy atom. The lowest BCUT2D eigenvalue weighted by atomic mass is 10.6. The highest BCUT2D eigenvalue weighted by molar-refractivity contribution is 7.13. The van der Waals surface area contributed by atoms with Crippen molar-refractivity contribution in [2.24, 2.45) is 0 Å². The first-order valence-electron chi connectivity index (χ1n) is 3.87. The summed E-state index contributed by atoms with van der Waals surface area (Å²) >= 11 is 1.41. The van der Waals surface area contributed by atoms with Gasteiger partial charge in [-0.25, -0.2) is 4.98 Å². The number of amides is 1. The van der Waals surface area contributed by atoms with Gasteiger partial charge in [0.25, 0.3) is 0 Å². The van der Waals surface area contributed by atoms with Gasteiger partial charge in [0.05, 0.1) is 0 Å². The van der Waals surface area contributed by atoms with Crippen LogP contribution >= 0.6 is 11.3 Å². The minimum atomic E-state index is -0.0787. The van der Waals surface area contributed by atoms with Gasteiger partial charge in [0.2, 0.25) is 5.91 Å². The second kappa shape index (κ2) is 6.79. The molecule has 1 amide bonds. The number of anilines is 1. The van der Waals surface area contributed by atoms with Crippen LogP contribution in [0.25, 0.3) is 0 Å². The number of carbonyl (C=O) groups excluding carboxylic acids is 1. The molecule has 1 aromatic heterocycles. The summed E-state index contributed by atoms with van der Waals surface area (Å²) < 4.78 is 0. The zero-order chi connectivity index (χ0) is 9.40. The van der Waals surface area contributed by atoms with Crippen LogP contribution in [0.3, 0.4) is 0 Å². The van der Waals surface area contributed by atoms with E-state index in [0.29, 0.717) is 5.13 Å². The molecule has 12 heavy (non-hydrogen) atoms. The molecule has 1 aromatic rings. The van der Waals surface area contributed by atoms with Crippen LogP contribution in [0.15, 0.2) is 11.6 Å². The van der Waals surface area contributed by atoms with Crippen LogP contribution < -0.4 is 5.32 Å². The standard InChI is InChI=1S/C5H6N2OS.C3H8/c1-4(8)7-5-6-2-3-9-5;1-3-2/h2-3H,1H3,(H,6,7,8);3H2,1-2H3. The van der Waals surface area contributed by atoms with Crippen LogP contribution in [0.5, 0.6) is 0 Å². The number of carbonyl (C=O) groups is 1. The SMILES string of the molecule is CC(=O)Nc1nccs1.CCC. The second-order valence-corrected chi connectivity index (χ2v) is 3.12. The van der Waals surface area contributed by atoms with Crippen LogP contribution in [0.1, 0.15) is 27.2 Å². The van der Waals surface area contributed by atoms with Crippen molar-refractivity contribution < 1.29 is 4.79 Å². The van der Waals surface area contributed by atoms with E-state index in [2.05, 4.69) is 24.1 Å². The van der Waals surface area contributed by atoms with Crippen LogP contribution in [0.4, 0.5) is 5.13 Å². The number of hydrogen-bond acceptors (Lipinski definition) is 3. The summed E-state index contributed by atoms with van der Waals surface area (Å²) in [6.07, 6.45) is 2.90. The third-order valence-corrected chi connectivity index (χ3v) is 1.40. The van der Waals surface area contributed by atoms with E-state index in [0.717, 1.165) is 0 Å². The molecule has 0 unspecified atom stereocenters. The maximum atomic E-state index is 10.4. The van der Waals surface area contributed by atoms with Crippen molar-refractivity contribution in [2.75, 3.05) is 5.32 Å². The highest BCUT2D eigenvalue weighted by Gasteiger charge is 1.93. The van der Waals surface area contributed by atoms with Gasteiger partial charge in [0, 0.05) is 18.5 Å². The van der Waals surface area contributed by atoms with Crippen molar-refractivity contribution in [1.82, 2.24) is 4.98 Å². The van der Waals surface area contributed by atoms with Crippen molar-refractivity contribution in [3.8, 4) is 0 Å². The zero-order valence-corrected chi connectivity index (χ0v) is 8.44. The maximum absolute atomic E-state index is 10.4. The number of aromatic nitrogens is 1. The molecule has 0 aliphatic carbocycles. The predicted molar refractivity (Wildman–Crippen MR) is 52.4 cm³/mol. The Hall–Kier alpha value is -0.900. The van der Waals surface area contributed by atoms with Gasteiger partial charge >= 0.3 is 0 Å². The lowest BCUT2D eigenvalue weighted by Crippen LogP contribution is -2.04. The number of thiazole rings is 1. The lowest BCUT2D eigenvalue weighted by molar-refractivity contribution is -0.114. The summed E-state index contributed by atoms with van der Waals surface area (Å²) in [6, 6.07) is 0. The number of nitrogens with one attached hydrogen (secondary N) is 1. The highest BCUT2D eigenvalue weighted by atomic mass is 32.1. The summed E-state index contributed by atoms with van der Waals surface area (Å²) in [6.45, 7) is 5.71. The van der Waals surface area contributed by atoms with Crippen molar-refractivity contribution in [1.29, 1.82) is 0 Å². The average molecular weight is 186 g/mol. The molecular weight excluding hydrogens is 172 g/mol. The molecule has 1 heterocycles. The smallest absolute Gasteiger partial charge is 0.223 e. The molecule has 0 aromatic carbocycles. The van der Waals surface area contributed by atoms with E-state index < -0.39 is 0 Å². The molecule has 0 saturated heterocycles. The van der Waals surface area contributed by atoms with Gasteiger partial charge in [-0.2, -0.15) is 0 Å². The van der Waals surface area contributed by atoms with Crippen LogP contribution in [-0.4, -0.2) is 10.9 Å². The van der Waals surface area contributed by atoms with Gasteiger partial charge in [-0.3, -0.25) is 4.79 Å². The van der Waals surface area contributed by atoms with Crippen molar-refractivity contribution >= 4 is 22.4 Å². The maximum Gasteiger partial charge on any atom is 0.223 e. The molecule has 0 bridgehead atoms. The Kier molecular flexibility index (Phi) is 6.28. The molecule has 0 fully saturated rings. The normalized spacial score (nSPS) is 8.25. The molecular formula is C8H14N2OS. The summed E-state index contributed by atoms with van der Waals surface area (Å²) in [7, 11) is 0. The number of nitrogens with zero attached hydrogens (tertiary/aromatic N) is 1. The molecule has 0 aliphatic heterocycles. The molecule has 0 saturated carbocycles. The third-order valence-electron chi connectivity index (χ3n) is 0.715. The minimum Gasteiger partial charge on any atom is -0.302 e. The van der Waals surface area contributed by atoms with E-state index in [9.17, 15) is 4.79 Å². The molecule has 4 heteroatoms. The monoisotopic (exact) mass is 186 g/mol. The molecule has 0 spiro atoms. The fraction of sp³-hybridized carbons (Fsp3) is 0.500. The average Bonchev–Trinajstić information content (AvgIpc) is 2.40. The summed E-state index contributed by atoms with van der Waals surface area (Å²) in [5.74, 6) is -0.0787. The van der Waals surface area contributed by atoms with Crippen LogP contribution in [0, 0.1) is 0 Å². The predicted octanol–water partition coefficient (Wildman–Crippen LogP) is 2.52. The Labute approximate surface area is 76.8 Å². The fourth-order valence-electron chi connectivity index (χ4n) is 0.436. The van der Waals surface area contributed by atoms with E-state index in [4.69, 9.17) is 0 Å². The number of hydrogen-bond donors (Lipinski definition) is 1. The van der Waals surface area contributed by atoms with Crippen molar-refractivity contribution in [2.45, 2.75) is 27.2 Å². The quantitative estimate of drug-likeness (QED) is 0.732. The molecule has 3 nitrogen and oxygen atoms in total. The van der Waals surface area contributed by atoms with Gasteiger partial charge in [-0.15, -0.1) is 11.3 Å². The van der Waals surface area contributed by atoms with Gasteiger partial charge in [-0.1, -0.05) is 20.3 Å². The Morgan fingerprint density at radius 3 is 2.58 bits per heavy atom. The van der Waals surface area contributed by atoms with E-state index in [1.165, 1.54) is 24.7 Å². The molecule has 1 rings (SSSR count). The molecule has 0 radical (unpaired) electrons. The summed E-state index contributed by atoms with van der Waals surface area (Å²) in [5.41, 5.74) is 0. The van der Waals surface area contributed by atoms with E-state index in [1.54, 1.807) is 6.20 Å². The second-order valence-electron chi connectivity index (χ2n) is 2.23. The minimum absolute atomic E-state index is 0.0787. The first kappa shape index (κ1) is 11.1. The summed E-state index contributed by atoms with van der Waals surface area (Å²) in [4.78, 5) is 14.2. The van der Waals surface area contributed by atoms with E-state index in [-0.39, 0.29) is 5.91 Å². The van der Waals surface area contributed by atoms with Crippen molar-refractivity contribution in [3.05, 3.63) is 11.6 Å². The molecule has 0 aliphatic rings. The largest absolute Gasteiger partial charge is 0.302 e. The van der Waals surface area contributed by atoms with Crippen LogP contribution in [-0.2, 0) is 4.79 Å². The van der Waals surface area contributed by atoms with E-state index in [1.807, 2.05) is 5.38 Å². The topological polar surface area (TPSA) is 42.0 Å². The summed E-state index contributed by atoms with van der Waals surface area (Å²) in [5, 5.41) is 5.02. The van der Waals surface area contributed by atoms with Gasteiger partial charge in [-0.05, 0) is 0 Å². The van der Waals surface area contributed by atoms with Gasteiger partial charge in [0.1, 0.15) is 0 Å². The van der Waals surface area contributed by atoms with Gasteiger partial charge < -0.3 is 5.32 Å². The molecule has 1 N–H and O–H groups in total. The lowest BCUT2D eigenvalue weighted by Gasteiger charge is -1.90. The fourth-order valence-corrected chi connectivity index (χ4v) is 1.01. The molecule has 0 atom stereocenters. The Balaban J connectivity index is 0.000000354. The third kappa shape index (κ3) is 5.85. The zero-order valence-electron chi connectivity index (χ0n) is 7.63. The van der Waals surface area contributed by atoms with Crippen molar-refractivity contribution in [3.63, 3.8) is 0 Å². The van der Waals surface area contributed by atoms with E-state index >= 15 is 0 Å². The van der Waals surface area contributed by atoms with Crippen LogP contribution in [0.2, 0.25) is 0 Å². The Bertz CT molecular complexity index is 209.